The van der Waals surface area contributed by atoms with Gasteiger partial charge in [0.1, 0.15) is 24.1 Å². The summed E-state index contributed by atoms with van der Waals surface area (Å²) in [5.41, 5.74) is 1.91. The van der Waals surface area contributed by atoms with Crippen LogP contribution >= 0.6 is 0 Å². The Hall–Kier alpha value is -3.43. The standard InChI is InChI=1S/C20H27N3O7/c1-10-6-14(7-11(2)17(10)30-5)20(29)22-12(3)18(27)21-13(4)19(28)23-15(9-24)8-16(25)26/h6-7,9,12-13,15H,8H2,1-5H3,(H,21,27)(H,22,29)(H,23,28)(H,25,26)/t12-,13-,15-/m0/s1. The Labute approximate surface area is 174 Å². The lowest BCUT2D eigenvalue weighted by molar-refractivity contribution is -0.139. The van der Waals surface area contributed by atoms with Crippen LogP contribution in [-0.4, -0.2) is 60.3 Å². The molecule has 3 atom stereocenters. The molecule has 1 aromatic carbocycles. The first-order valence-corrected chi connectivity index (χ1v) is 9.24. The molecule has 4 N–H and O–H groups in total. The maximum atomic E-state index is 12.5. The zero-order chi connectivity index (χ0) is 23.0. The predicted molar refractivity (Wildman–Crippen MR) is 107 cm³/mol. The number of nitrogens with one attached hydrogen (secondary N) is 3. The number of aliphatic carboxylic acids is 1. The lowest BCUT2D eigenvalue weighted by atomic mass is 10.0. The van der Waals surface area contributed by atoms with Crippen LogP contribution < -0.4 is 20.7 Å². The number of ether oxygens (including phenoxy) is 1. The van der Waals surface area contributed by atoms with Gasteiger partial charge >= 0.3 is 5.97 Å². The topological polar surface area (TPSA) is 151 Å². The number of carboxylic acid groups (broad SMARTS) is 1. The molecule has 0 saturated carbocycles. The van der Waals surface area contributed by atoms with Crippen molar-refractivity contribution in [3.8, 4) is 5.75 Å². The Kier molecular flexibility index (Phi) is 8.97. The lowest BCUT2D eigenvalue weighted by Gasteiger charge is -2.20. The fraction of sp³-hybridized carbons (Fsp3) is 0.450. The number of rotatable bonds is 10. The zero-order valence-corrected chi connectivity index (χ0v) is 17.6. The molecule has 164 valence electrons. The molecule has 30 heavy (non-hydrogen) atoms. The van der Waals surface area contributed by atoms with Crippen molar-refractivity contribution in [1.82, 2.24) is 16.0 Å². The molecule has 0 aromatic heterocycles. The molecule has 0 aliphatic carbocycles. The molecular formula is C20H27N3O7. The van der Waals surface area contributed by atoms with Crippen LogP contribution in [0.25, 0.3) is 0 Å². The van der Waals surface area contributed by atoms with E-state index in [1.807, 2.05) is 0 Å². The molecule has 0 bridgehead atoms. The molecule has 0 spiro atoms. The summed E-state index contributed by atoms with van der Waals surface area (Å²) in [6.07, 6.45) is -0.259. The maximum absolute atomic E-state index is 12.5. The summed E-state index contributed by atoms with van der Waals surface area (Å²) in [5.74, 6) is -2.38. The Morgan fingerprint density at radius 1 is 1.00 bits per heavy atom. The number of aryl methyl sites for hydroxylation is 2. The minimum absolute atomic E-state index is 0.308. The first-order chi connectivity index (χ1) is 14.0. The van der Waals surface area contributed by atoms with Gasteiger partial charge in [0.15, 0.2) is 0 Å². The number of methoxy groups -OCH3 is 1. The van der Waals surface area contributed by atoms with Gasteiger partial charge in [-0.15, -0.1) is 0 Å². The SMILES string of the molecule is COc1c(C)cc(C(=O)N[C@@H](C)C(=O)N[C@@H](C)C(=O)N[C@H](C=O)CC(=O)O)cc1C. The summed E-state index contributed by atoms with van der Waals surface area (Å²) in [6.45, 7) is 6.44. The van der Waals surface area contributed by atoms with Crippen molar-refractivity contribution >= 4 is 30.0 Å². The minimum atomic E-state index is -1.25. The Balaban J connectivity index is 2.69. The third kappa shape index (κ3) is 6.87. The monoisotopic (exact) mass is 421 g/mol. The van der Waals surface area contributed by atoms with Gasteiger partial charge in [-0.2, -0.15) is 0 Å². The summed E-state index contributed by atoms with van der Waals surface area (Å²) in [4.78, 5) is 58.3. The number of carbonyl (C=O) groups is 5. The van der Waals surface area contributed by atoms with Crippen LogP contribution in [0.1, 0.15) is 41.8 Å². The Morgan fingerprint density at radius 3 is 1.97 bits per heavy atom. The Bertz CT molecular complexity index is 815. The molecule has 1 aromatic rings. The van der Waals surface area contributed by atoms with E-state index in [1.165, 1.54) is 21.0 Å². The number of hydrogen-bond acceptors (Lipinski definition) is 6. The van der Waals surface area contributed by atoms with Gasteiger partial charge in [-0.1, -0.05) is 0 Å². The largest absolute Gasteiger partial charge is 0.496 e. The van der Waals surface area contributed by atoms with Crippen LogP contribution in [0.2, 0.25) is 0 Å². The van der Waals surface area contributed by atoms with Crippen LogP contribution in [0.3, 0.4) is 0 Å². The molecule has 0 heterocycles. The third-order valence-electron chi connectivity index (χ3n) is 4.31. The molecule has 0 saturated heterocycles. The van der Waals surface area contributed by atoms with Gasteiger partial charge in [0.05, 0.1) is 19.6 Å². The van der Waals surface area contributed by atoms with E-state index in [0.29, 0.717) is 17.6 Å². The van der Waals surface area contributed by atoms with Crippen molar-refractivity contribution < 1.29 is 33.8 Å². The summed E-state index contributed by atoms with van der Waals surface area (Å²) >= 11 is 0. The third-order valence-corrected chi connectivity index (χ3v) is 4.31. The van der Waals surface area contributed by atoms with E-state index in [2.05, 4.69) is 16.0 Å². The fourth-order valence-corrected chi connectivity index (χ4v) is 2.78. The van der Waals surface area contributed by atoms with Gasteiger partial charge in [0.25, 0.3) is 5.91 Å². The van der Waals surface area contributed by atoms with Crippen molar-refractivity contribution in [2.45, 2.75) is 52.2 Å². The highest BCUT2D eigenvalue weighted by Crippen LogP contribution is 2.24. The van der Waals surface area contributed by atoms with Crippen LogP contribution in [-0.2, 0) is 19.2 Å². The smallest absolute Gasteiger partial charge is 0.305 e. The van der Waals surface area contributed by atoms with Crippen molar-refractivity contribution in [2.75, 3.05) is 7.11 Å². The average molecular weight is 421 g/mol. The summed E-state index contributed by atoms with van der Waals surface area (Å²) < 4.78 is 5.26. The minimum Gasteiger partial charge on any atom is -0.496 e. The zero-order valence-electron chi connectivity index (χ0n) is 17.6. The molecule has 10 heteroatoms. The first-order valence-electron chi connectivity index (χ1n) is 9.24. The van der Waals surface area contributed by atoms with E-state index in [-0.39, 0.29) is 0 Å². The number of carboxylic acids is 1. The number of carbonyl (C=O) groups excluding carboxylic acids is 4. The molecule has 10 nitrogen and oxygen atoms in total. The van der Waals surface area contributed by atoms with Crippen LogP contribution in [0.15, 0.2) is 12.1 Å². The first kappa shape index (κ1) is 24.6. The van der Waals surface area contributed by atoms with E-state index in [0.717, 1.165) is 11.1 Å². The van der Waals surface area contributed by atoms with E-state index in [4.69, 9.17) is 9.84 Å². The highest BCUT2D eigenvalue weighted by Gasteiger charge is 2.24. The number of benzene rings is 1. The lowest BCUT2D eigenvalue weighted by Crippen LogP contribution is -2.53. The van der Waals surface area contributed by atoms with Crippen LogP contribution in [0, 0.1) is 13.8 Å². The average Bonchev–Trinajstić information content (AvgIpc) is 2.66. The predicted octanol–water partition coefficient (Wildman–Crippen LogP) is 0.0934. The quantitative estimate of drug-likeness (QED) is 0.391. The van der Waals surface area contributed by atoms with E-state index < -0.39 is 48.2 Å². The summed E-state index contributed by atoms with van der Waals surface area (Å²) in [6, 6.07) is 0.0938. The van der Waals surface area contributed by atoms with E-state index >= 15 is 0 Å². The van der Waals surface area contributed by atoms with Crippen molar-refractivity contribution in [3.05, 3.63) is 28.8 Å². The second kappa shape index (κ2) is 10.9. The second-order valence-corrected chi connectivity index (χ2v) is 6.92. The molecule has 0 unspecified atom stereocenters. The molecule has 3 amide bonds. The van der Waals surface area contributed by atoms with Crippen LogP contribution in [0.5, 0.6) is 5.75 Å². The molecule has 0 aliphatic rings. The maximum Gasteiger partial charge on any atom is 0.305 e. The molecular weight excluding hydrogens is 394 g/mol. The molecule has 0 fully saturated rings. The Morgan fingerprint density at radius 2 is 1.50 bits per heavy atom. The highest BCUT2D eigenvalue weighted by atomic mass is 16.5. The van der Waals surface area contributed by atoms with Crippen molar-refractivity contribution in [2.24, 2.45) is 0 Å². The van der Waals surface area contributed by atoms with E-state index in [9.17, 15) is 24.0 Å². The van der Waals surface area contributed by atoms with Gasteiger partial charge < -0.3 is 30.6 Å². The van der Waals surface area contributed by atoms with Gasteiger partial charge in [-0.05, 0) is 51.0 Å². The van der Waals surface area contributed by atoms with Gasteiger partial charge in [0, 0.05) is 5.56 Å². The number of hydrogen-bond donors (Lipinski definition) is 4. The molecule has 0 radical (unpaired) electrons. The van der Waals surface area contributed by atoms with Crippen LogP contribution in [0.4, 0.5) is 0 Å². The summed E-state index contributed by atoms with van der Waals surface area (Å²) in [5, 5.41) is 15.9. The number of aldehydes is 1. The van der Waals surface area contributed by atoms with Gasteiger partial charge in [-0.3, -0.25) is 19.2 Å². The number of amides is 3. The second-order valence-electron chi connectivity index (χ2n) is 6.92. The van der Waals surface area contributed by atoms with Gasteiger partial charge in [0.2, 0.25) is 11.8 Å². The van der Waals surface area contributed by atoms with Gasteiger partial charge in [-0.25, -0.2) is 0 Å². The summed E-state index contributed by atoms with van der Waals surface area (Å²) in [7, 11) is 1.54. The highest BCUT2D eigenvalue weighted by molar-refractivity contribution is 5.98. The normalized spacial score (nSPS) is 13.4. The fourth-order valence-electron chi connectivity index (χ4n) is 2.78. The molecule has 0 aliphatic heterocycles. The van der Waals surface area contributed by atoms with Crippen molar-refractivity contribution in [3.63, 3.8) is 0 Å². The van der Waals surface area contributed by atoms with E-state index in [1.54, 1.807) is 26.0 Å². The molecule has 1 rings (SSSR count). The van der Waals surface area contributed by atoms with Crippen molar-refractivity contribution in [1.29, 1.82) is 0 Å².